The van der Waals surface area contributed by atoms with Crippen LogP contribution in [0.2, 0.25) is 0 Å². The Morgan fingerprint density at radius 3 is 2.74 bits per heavy atom. The Morgan fingerprint density at radius 1 is 1.47 bits per heavy atom. The molecule has 5 heteroatoms. The topological polar surface area (TPSA) is 84.6 Å². The van der Waals surface area contributed by atoms with E-state index in [-0.39, 0.29) is 12.6 Å². The third-order valence-corrected chi connectivity index (χ3v) is 2.40. The van der Waals surface area contributed by atoms with Crippen molar-refractivity contribution in [3.05, 3.63) is 29.8 Å². The van der Waals surface area contributed by atoms with Crippen molar-refractivity contribution in [2.45, 2.75) is 38.8 Å². The van der Waals surface area contributed by atoms with Crippen LogP contribution in [-0.4, -0.2) is 23.4 Å². The molecular formula is C14H22N2O3. The van der Waals surface area contributed by atoms with E-state index in [9.17, 15) is 4.79 Å². The van der Waals surface area contributed by atoms with Gasteiger partial charge in [-0.1, -0.05) is 12.1 Å². The molecule has 1 amide bonds. The van der Waals surface area contributed by atoms with E-state index in [1.807, 2.05) is 6.07 Å². The summed E-state index contributed by atoms with van der Waals surface area (Å²) in [5.41, 5.74) is 6.86. The van der Waals surface area contributed by atoms with Crippen LogP contribution in [0, 0.1) is 0 Å². The second-order valence-corrected chi connectivity index (χ2v) is 5.37. The van der Waals surface area contributed by atoms with Gasteiger partial charge in [0.2, 0.25) is 0 Å². The van der Waals surface area contributed by atoms with Crippen LogP contribution in [0.25, 0.3) is 0 Å². The molecule has 1 aromatic carbocycles. The normalized spacial score (nSPS) is 12.9. The molecule has 0 aromatic heterocycles. The molecule has 0 aliphatic heterocycles. The highest BCUT2D eigenvalue weighted by Gasteiger charge is 2.16. The quantitative estimate of drug-likeness (QED) is 0.781. The van der Waals surface area contributed by atoms with Crippen molar-refractivity contribution in [1.82, 2.24) is 0 Å². The van der Waals surface area contributed by atoms with Gasteiger partial charge in [-0.3, -0.25) is 5.32 Å². The van der Waals surface area contributed by atoms with Gasteiger partial charge >= 0.3 is 6.09 Å². The molecule has 0 bridgehead atoms. The van der Waals surface area contributed by atoms with E-state index in [1.165, 1.54) is 0 Å². The van der Waals surface area contributed by atoms with Crippen molar-refractivity contribution in [2.75, 3.05) is 11.9 Å². The lowest BCUT2D eigenvalue weighted by molar-refractivity contribution is 0.0636. The number of rotatable bonds is 4. The van der Waals surface area contributed by atoms with Gasteiger partial charge in [-0.25, -0.2) is 4.79 Å². The van der Waals surface area contributed by atoms with Crippen LogP contribution in [-0.2, 0) is 4.74 Å². The van der Waals surface area contributed by atoms with Crippen LogP contribution in [0.1, 0.15) is 38.8 Å². The van der Waals surface area contributed by atoms with Gasteiger partial charge in [0.25, 0.3) is 0 Å². The van der Waals surface area contributed by atoms with Gasteiger partial charge < -0.3 is 15.6 Å². The number of ether oxygens (including phenoxy) is 1. The minimum Gasteiger partial charge on any atom is -0.444 e. The fraction of sp³-hybridized carbons (Fsp3) is 0.500. The lowest BCUT2D eigenvalue weighted by Crippen LogP contribution is -2.27. The second kappa shape index (κ2) is 6.54. The number of aliphatic hydroxyl groups excluding tert-OH is 1. The van der Waals surface area contributed by atoms with Crippen molar-refractivity contribution in [3.8, 4) is 0 Å². The Labute approximate surface area is 113 Å². The Kier molecular flexibility index (Phi) is 5.32. The van der Waals surface area contributed by atoms with Gasteiger partial charge in [0.15, 0.2) is 0 Å². The largest absolute Gasteiger partial charge is 0.444 e. The summed E-state index contributed by atoms with van der Waals surface area (Å²) in [5, 5.41) is 11.5. The predicted molar refractivity (Wildman–Crippen MR) is 74.9 cm³/mol. The molecule has 0 saturated heterocycles. The number of carbonyl (C=O) groups is 1. The maximum atomic E-state index is 11.6. The van der Waals surface area contributed by atoms with Crippen LogP contribution >= 0.6 is 0 Å². The summed E-state index contributed by atoms with van der Waals surface area (Å²) < 4.78 is 5.17. The van der Waals surface area contributed by atoms with Crippen LogP contribution < -0.4 is 11.1 Å². The average Bonchev–Trinajstić information content (AvgIpc) is 2.27. The number of nitrogens with two attached hydrogens (primary N) is 1. The second-order valence-electron chi connectivity index (χ2n) is 5.37. The summed E-state index contributed by atoms with van der Waals surface area (Å²) in [6, 6.07) is 6.97. The number of anilines is 1. The van der Waals surface area contributed by atoms with E-state index in [4.69, 9.17) is 15.6 Å². The summed E-state index contributed by atoms with van der Waals surface area (Å²) in [5.74, 6) is 0. The van der Waals surface area contributed by atoms with Crippen molar-refractivity contribution >= 4 is 11.8 Å². The number of benzene rings is 1. The highest BCUT2D eigenvalue weighted by Crippen LogP contribution is 2.19. The van der Waals surface area contributed by atoms with Crippen molar-refractivity contribution in [1.29, 1.82) is 0 Å². The molecule has 1 rings (SSSR count). The Bertz CT molecular complexity index is 427. The van der Waals surface area contributed by atoms with Gasteiger partial charge in [-0.05, 0) is 44.9 Å². The predicted octanol–water partition coefficient (Wildman–Crippen LogP) is 2.42. The molecule has 19 heavy (non-hydrogen) atoms. The minimum atomic E-state index is -0.533. The Morgan fingerprint density at radius 2 is 2.16 bits per heavy atom. The molecule has 0 fully saturated rings. The molecule has 0 spiro atoms. The third kappa shape index (κ3) is 5.72. The molecular weight excluding hydrogens is 244 g/mol. The first kappa shape index (κ1) is 15.5. The molecule has 0 radical (unpaired) electrons. The van der Waals surface area contributed by atoms with Crippen molar-refractivity contribution in [3.63, 3.8) is 0 Å². The number of carbonyl (C=O) groups excluding carboxylic acids is 1. The van der Waals surface area contributed by atoms with Crippen molar-refractivity contribution < 1.29 is 14.6 Å². The Hall–Kier alpha value is -1.59. The SMILES string of the molecule is CC(C)(C)OC(=O)Nc1cccc(C(N)CCO)c1. The number of hydrogen-bond acceptors (Lipinski definition) is 4. The van der Waals surface area contributed by atoms with E-state index in [0.717, 1.165) is 5.56 Å². The number of hydrogen-bond donors (Lipinski definition) is 3. The maximum Gasteiger partial charge on any atom is 0.412 e. The molecule has 0 saturated carbocycles. The Balaban J connectivity index is 2.69. The fourth-order valence-corrected chi connectivity index (χ4v) is 1.57. The van der Waals surface area contributed by atoms with Crippen LogP contribution in [0.4, 0.5) is 10.5 Å². The van der Waals surface area contributed by atoms with Gasteiger partial charge in [0.1, 0.15) is 5.60 Å². The van der Waals surface area contributed by atoms with Crippen LogP contribution in [0.5, 0.6) is 0 Å². The highest BCUT2D eigenvalue weighted by atomic mass is 16.6. The number of nitrogens with one attached hydrogen (secondary N) is 1. The smallest absolute Gasteiger partial charge is 0.412 e. The highest BCUT2D eigenvalue weighted by molar-refractivity contribution is 5.84. The minimum absolute atomic E-state index is 0.0326. The zero-order chi connectivity index (χ0) is 14.5. The number of amides is 1. The molecule has 4 N–H and O–H groups in total. The van der Waals surface area contributed by atoms with Gasteiger partial charge in [-0.2, -0.15) is 0 Å². The van der Waals surface area contributed by atoms with Gasteiger partial charge in [-0.15, -0.1) is 0 Å². The molecule has 106 valence electrons. The van der Waals surface area contributed by atoms with E-state index < -0.39 is 11.7 Å². The first-order valence-corrected chi connectivity index (χ1v) is 6.28. The molecule has 0 aliphatic rings. The van der Waals surface area contributed by atoms with E-state index in [1.54, 1.807) is 39.0 Å². The molecule has 0 heterocycles. The van der Waals surface area contributed by atoms with Crippen LogP contribution in [0.3, 0.4) is 0 Å². The number of aliphatic hydroxyl groups is 1. The van der Waals surface area contributed by atoms with E-state index in [2.05, 4.69) is 5.32 Å². The van der Waals surface area contributed by atoms with Crippen molar-refractivity contribution in [2.24, 2.45) is 5.73 Å². The van der Waals surface area contributed by atoms with Gasteiger partial charge in [0, 0.05) is 18.3 Å². The average molecular weight is 266 g/mol. The summed E-state index contributed by atoms with van der Waals surface area (Å²) >= 11 is 0. The fourth-order valence-electron chi connectivity index (χ4n) is 1.57. The van der Waals surface area contributed by atoms with E-state index in [0.29, 0.717) is 12.1 Å². The maximum absolute atomic E-state index is 11.6. The monoisotopic (exact) mass is 266 g/mol. The van der Waals surface area contributed by atoms with Crippen LogP contribution in [0.15, 0.2) is 24.3 Å². The molecule has 1 atom stereocenters. The molecule has 5 nitrogen and oxygen atoms in total. The summed E-state index contributed by atoms with van der Waals surface area (Å²) in [6.07, 6.45) is -0.0176. The first-order chi connectivity index (χ1) is 8.81. The third-order valence-electron chi connectivity index (χ3n) is 2.40. The summed E-state index contributed by atoms with van der Waals surface area (Å²) in [6.45, 7) is 5.45. The standard InChI is InChI=1S/C14H22N2O3/c1-14(2,3)19-13(18)16-11-6-4-5-10(9-11)12(15)7-8-17/h4-6,9,12,17H,7-8,15H2,1-3H3,(H,16,18). The summed E-state index contributed by atoms with van der Waals surface area (Å²) in [4.78, 5) is 11.6. The molecule has 0 aliphatic carbocycles. The molecule has 1 aromatic rings. The summed E-state index contributed by atoms with van der Waals surface area (Å²) in [7, 11) is 0. The zero-order valence-electron chi connectivity index (χ0n) is 11.6. The lowest BCUT2D eigenvalue weighted by Gasteiger charge is -2.20. The first-order valence-electron chi connectivity index (χ1n) is 6.28. The zero-order valence-corrected chi connectivity index (χ0v) is 11.6. The van der Waals surface area contributed by atoms with E-state index >= 15 is 0 Å². The lowest BCUT2D eigenvalue weighted by atomic mass is 10.0. The molecule has 1 unspecified atom stereocenters. The van der Waals surface area contributed by atoms with Gasteiger partial charge in [0.05, 0.1) is 0 Å².